The van der Waals surface area contributed by atoms with E-state index < -0.39 is 0 Å². The van der Waals surface area contributed by atoms with Crippen molar-refractivity contribution in [2.75, 3.05) is 0 Å². The summed E-state index contributed by atoms with van der Waals surface area (Å²) in [6.45, 7) is 0.525. The van der Waals surface area contributed by atoms with Crippen LogP contribution in [0.15, 0.2) is 97.5 Å². The van der Waals surface area contributed by atoms with Gasteiger partial charge in [0, 0.05) is 47.2 Å². The van der Waals surface area contributed by atoms with Crippen LogP contribution in [0.2, 0.25) is 0 Å². The number of pyridine rings is 3. The highest BCUT2D eigenvalue weighted by Crippen LogP contribution is 2.36. The van der Waals surface area contributed by atoms with Crippen molar-refractivity contribution in [2.45, 2.75) is 6.54 Å². The third-order valence-corrected chi connectivity index (χ3v) is 5.23. The molecule has 0 saturated carbocycles. The van der Waals surface area contributed by atoms with Crippen LogP contribution in [0.1, 0.15) is 5.56 Å². The maximum Gasteiger partial charge on any atom is 0.0811 e. The minimum atomic E-state index is 0. The maximum atomic E-state index is 5.78. The second-order valence-electron chi connectivity index (χ2n) is 7.12. The number of aromatic nitrogens is 3. The molecule has 0 radical (unpaired) electrons. The Hall–Kier alpha value is -3.31. The van der Waals surface area contributed by atoms with Crippen molar-refractivity contribution in [3.05, 3.63) is 103 Å². The van der Waals surface area contributed by atoms with Gasteiger partial charge in [-0.25, -0.2) is 4.98 Å². The van der Waals surface area contributed by atoms with Crippen molar-refractivity contribution in [1.82, 2.24) is 15.0 Å². The Labute approximate surface area is 199 Å². The SMILES string of the molecule is Cl.Cl.NCc1ccc(-c2nc3ccnc(-c4cccnc4)c3cc2-c2ccccc2)cc1. The van der Waals surface area contributed by atoms with Crippen LogP contribution in [-0.2, 0) is 6.54 Å². The van der Waals surface area contributed by atoms with Gasteiger partial charge >= 0.3 is 0 Å². The minimum Gasteiger partial charge on any atom is -0.326 e. The lowest BCUT2D eigenvalue weighted by Gasteiger charge is -2.14. The Morgan fingerprint density at radius 2 is 1.44 bits per heavy atom. The summed E-state index contributed by atoms with van der Waals surface area (Å²) in [7, 11) is 0. The Balaban J connectivity index is 0.00000144. The van der Waals surface area contributed by atoms with Crippen LogP contribution in [0, 0.1) is 0 Å². The van der Waals surface area contributed by atoms with E-state index in [0.29, 0.717) is 6.54 Å². The van der Waals surface area contributed by atoms with Crippen molar-refractivity contribution in [3.63, 3.8) is 0 Å². The fourth-order valence-electron chi connectivity index (χ4n) is 3.69. The lowest BCUT2D eigenvalue weighted by molar-refractivity contribution is 1.07. The molecule has 160 valence electrons. The molecule has 0 aliphatic heterocycles. The van der Waals surface area contributed by atoms with E-state index in [4.69, 9.17) is 10.7 Å². The van der Waals surface area contributed by atoms with Gasteiger partial charge in [-0.1, -0.05) is 54.6 Å². The molecule has 0 amide bonds. The zero-order valence-electron chi connectivity index (χ0n) is 17.2. The molecule has 5 aromatic rings. The highest BCUT2D eigenvalue weighted by Gasteiger charge is 2.14. The number of nitrogens with zero attached hydrogens (tertiary/aromatic N) is 3. The van der Waals surface area contributed by atoms with Crippen LogP contribution >= 0.6 is 24.8 Å². The van der Waals surface area contributed by atoms with E-state index in [9.17, 15) is 0 Å². The quantitative estimate of drug-likeness (QED) is 0.340. The van der Waals surface area contributed by atoms with E-state index >= 15 is 0 Å². The zero-order valence-corrected chi connectivity index (χ0v) is 18.8. The molecule has 0 unspecified atom stereocenters. The van der Waals surface area contributed by atoms with Crippen molar-refractivity contribution in [1.29, 1.82) is 0 Å². The first-order valence-corrected chi connectivity index (χ1v) is 9.88. The molecular weight excluding hydrogens is 439 g/mol. The van der Waals surface area contributed by atoms with Crippen LogP contribution in [0.5, 0.6) is 0 Å². The van der Waals surface area contributed by atoms with E-state index in [0.717, 1.165) is 50.1 Å². The predicted molar refractivity (Wildman–Crippen MR) is 136 cm³/mol. The van der Waals surface area contributed by atoms with Gasteiger partial charge in [0.25, 0.3) is 0 Å². The van der Waals surface area contributed by atoms with Crippen LogP contribution < -0.4 is 5.73 Å². The summed E-state index contributed by atoms with van der Waals surface area (Å²) in [4.78, 5) is 14.0. The van der Waals surface area contributed by atoms with Gasteiger partial charge in [-0.15, -0.1) is 24.8 Å². The summed E-state index contributed by atoms with van der Waals surface area (Å²) in [6.07, 6.45) is 5.41. The minimum absolute atomic E-state index is 0. The Morgan fingerprint density at radius 1 is 0.688 bits per heavy atom. The molecule has 0 spiro atoms. The monoisotopic (exact) mass is 460 g/mol. The molecule has 2 aromatic carbocycles. The average molecular weight is 461 g/mol. The number of fused-ring (bicyclic) bond motifs is 1. The highest BCUT2D eigenvalue weighted by atomic mass is 35.5. The molecule has 5 rings (SSSR count). The van der Waals surface area contributed by atoms with Gasteiger partial charge in [0.2, 0.25) is 0 Å². The van der Waals surface area contributed by atoms with Crippen molar-refractivity contribution < 1.29 is 0 Å². The summed E-state index contributed by atoms with van der Waals surface area (Å²) in [5, 5.41) is 1.01. The second kappa shape index (κ2) is 10.3. The fourth-order valence-corrected chi connectivity index (χ4v) is 3.69. The van der Waals surface area contributed by atoms with Crippen LogP contribution in [0.25, 0.3) is 44.5 Å². The molecule has 0 fully saturated rings. The van der Waals surface area contributed by atoms with E-state index in [1.807, 2.05) is 42.6 Å². The molecule has 3 heterocycles. The Morgan fingerprint density at radius 3 is 2.12 bits per heavy atom. The van der Waals surface area contributed by atoms with Gasteiger partial charge in [-0.3, -0.25) is 9.97 Å². The van der Waals surface area contributed by atoms with Gasteiger partial charge in [-0.2, -0.15) is 0 Å². The molecule has 2 N–H and O–H groups in total. The van der Waals surface area contributed by atoms with E-state index in [1.54, 1.807) is 12.4 Å². The normalized spacial score (nSPS) is 10.3. The number of nitrogens with two attached hydrogens (primary N) is 1. The smallest absolute Gasteiger partial charge is 0.0811 e. The number of rotatable bonds is 4. The number of benzene rings is 2. The first-order chi connectivity index (χ1) is 14.8. The Bertz CT molecular complexity index is 1310. The number of hydrogen-bond donors (Lipinski definition) is 1. The molecule has 0 bridgehead atoms. The largest absolute Gasteiger partial charge is 0.326 e. The average Bonchev–Trinajstić information content (AvgIpc) is 2.84. The molecule has 32 heavy (non-hydrogen) atoms. The van der Waals surface area contributed by atoms with E-state index in [2.05, 4.69) is 52.4 Å². The summed E-state index contributed by atoms with van der Waals surface area (Å²) in [6, 6.07) is 26.7. The lowest BCUT2D eigenvalue weighted by atomic mass is 9.96. The van der Waals surface area contributed by atoms with Gasteiger partial charge in [0.05, 0.1) is 16.9 Å². The molecule has 3 aromatic heterocycles. The van der Waals surface area contributed by atoms with Gasteiger partial charge < -0.3 is 5.73 Å². The lowest BCUT2D eigenvalue weighted by Crippen LogP contribution is -1.97. The first-order valence-electron chi connectivity index (χ1n) is 9.88. The summed E-state index contributed by atoms with van der Waals surface area (Å²) in [5.41, 5.74) is 13.8. The molecule has 0 saturated heterocycles. The predicted octanol–water partition coefficient (Wildman–Crippen LogP) is 6.33. The Kier molecular flexibility index (Phi) is 7.54. The van der Waals surface area contributed by atoms with Gasteiger partial charge in [0.1, 0.15) is 0 Å². The van der Waals surface area contributed by atoms with E-state index in [1.165, 1.54) is 0 Å². The topological polar surface area (TPSA) is 64.7 Å². The maximum absolute atomic E-state index is 5.78. The second-order valence-corrected chi connectivity index (χ2v) is 7.12. The first kappa shape index (κ1) is 23.4. The van der Waals surface area contributed by atoms with Crippen molar-refractivity contribution >= 4 is 35.7 Å². The summed E-state index contributed by atoms with van der Waals surface area (Å²) >= 11 is 0. The number of hydrogen-bond acceptors (Lipinski definition) is 4. The van der Waals surface area contributed by atoms with Gasteiger partial charge in [0.15, 0.2) is 0 Å². The molecular formula is C26H22Cl2N4. The summed E-state index contributed by atoms with van der Waals surface area (Å²) in [5.74, 6) is 0. The van der Waals surface area contributed by atoms with Crippen molar-refractivity contribution in [3.8, 4) is 33.6 Å². The van der Waals surface area contributed by atoms with Gasteiger partial charge in [-0.05, 0) is 35.4 Å². The molecule has 0 aliphatic carbocycles. The number of halogens is 2. The highest BCUT2D eigenvalue weighted by molar-refractivity contribution is 5.98. The van der Waals surface area contributed by atoms with E-state index in [-0.39, 0.29) is 24.8 Å². The van der Waals surface area contributed by atoms with Crippen molar-refractivity contribution in [2.24, 2.45) is 5.73 Å². The standard InChI is InChI=1S/C26H20N4.2ClH/c27-16-18-8-10-20(11-9-18)26-22(19-5-2-1-3-6-19)15-23-24(30-26)12-14-29-25(23)21-7-4-13-28-17-21;;/h1-15,17H,16,27H2;2*1H. The third kappa shape index (κ3) is 4.48. The zero-order chi connectivity index (χ0) is 20.3. The van der Waals surface area contributed by atoms with Crippen LogP contribution in [0.4, 0.5) is 0 Å². The third-order valence-electron chi connectivity index (χ3n) is 5.23. The fraction of sp³-hybridized carbons (Fsp3) is 0.0385. The molecule has 0 aliphatic rings. The van der Waals surface area contributed by atoms with Crippen LogP contribution in [-0.4, -0.2) is 15.0 Å². The van der Waals surface area contributed by atoms with Crippen LogP contribution in [0.3, 0.4) is 0 Å². The summed E-state index contributed by atoms with van der Waals surface area (Å²) < 4.78 is 0. The molecule has 6 heteroatoms. The molecule has 4 nitrogen and oxygen atoms in total. The molecule has 0 atom stereocenters.